The summed E-state index contributed by atoms with van der Waals surface area (Å²) in [7, 11) is -2.51. The SMILES string of the molecule is CNC(=O)CNC(=O)[C@H](CCCCNS(=O)(=O)c1ccc(C)cc1)NC(=O)[C@@H]1CCCN1C(=O)[C@H](CSCc1ccccc1)NC(=O)[C@H](CC(N)=O)NC(=O)[C@H](CCC(=O)O)NC(=O)[C@H](Cc1ccccc1)NC(=O)[C@H](Cc1ccc(OCc2ccccc2)cc1)NC(=O)[C@H](CSCc1ccccc1)NC(=O)OCc1ccccc1. The molecule has 13 N–H and O–H groups in total. The maximum absolute atomic E-state index is 15.2. The van der Waals surface area contributed by atoms with Crippen molar-refractivity contribution in [2.45, 2.75) is 149 Å². The lowest BCUT2D eigenvalue weighted by molar-refractivity contribution is -0.142. The Bertz CT molecular complexity index is 4490. The highest BCUT2D eigenvalue weighted by molar-refractivity contribution is 7.98. The number of ether oxygens (including phenoxy) is 2. The number of rotatable bonds is 46. The number of amides is 11. The number of thioether (sulfide) groups is 2. The second-order valence-electron chi connectivity index (χ2n) is 27.3. The fourth-order valence-electron chi connectivity index (χ4n) is 12.2. The molecule has 32 heteroatoms. The summed E-state index contributed by atoms with van der Waals surface area (Å²) in [5.41, 5.74) is 11.0. The predicted octanol–water partition coefficient (Wildman–Crippen LogP) is 5.17. The normalized spacial score (nSPS) is 14.2. The molecule has 0 aromatic heterocycles. The number of aliphatic carboxylic acids is 1. The fraction of sp³-hybridized carbons (Fsp3) is 0.349. The summed E-state index contributed by atoms with van der Waals surface area (Å²) >= 11 is 2.55. The molecule has 1 fully saturated rings. The van der Waals surface area contributed by atoms with E-state index in [1.807, 2.05) is 85.8 Å². The van der Waals surface area contributed by atoms with Crippen LogP contribution in [0, 0.1) is 6.92 Å². The third-order valence-electron chi connectivity index (χ3n) is 18.4. The molecule has 0 aliphatic carbocycles. The highest BCUT2D eigenvalue weighted by Crippen LogP contribution is 2.24. The van der Waals surface area contributed by atoms with Gasteiger partial charge in [-0.2, -0.15) is 23.5 Å². The summed E-state index contributed by atoms with van der Waals surface area (Å²) in [5.74, 6) is -9.30. The van der Waals surface area contributed by atoms with Crippen molar-refractivity contribution in [2.75, 3.05) is 38.2 Å². The standard InChI is InChI=1S/C83H98N12O17S3/c1-55-33-39-63(40-34-55)115(109,110)87-43-19-18-31-64(75(100)86-48-73(97)85-2)89-81(106)71-32-20-44-95(71)82(107)70(54-114-52-61-29-16-7-17-30-61)93-79(104)68(47-72(84)96)92-76(101)65(41-42-74(98)99)88-77(102)66(45-56-21-8-3-9-22-56)90-78(103)67(46-57-35-37-62(38-36-57)111-49-58-23-10-4-11-24-58)91-80(105)69(53-113-51-60-27-14-6-15-28-60)94-83(108)112-50-59-25-12-5-13-26-59/h3-17,21-30,33-40,64-71,87H,18-20,31-32,41-54H2,1-2H3,(H2,84,96)(H,85,97)(H,86,100)(H,88,102)(H,89,106)(H,90,103)(H,91,105)(H,92,101)(H,93,104)(H,94,108)(H,98,99)/t64-,65-,66-,67-,68-,69-,70-,71-/m0/s1. The molecule has 8 rings (SSSR count). The van der Waals surface area contributed by atoms with Crippen LogP contribution in [0.2, 0.25) is 0 Å². The van der Waals surface area contributed by atoms with Crippen molar-refractivity contribution in [3.63, 3.8) is 0 Å². The number of hydrogen-bond acceptors (Lipinski definition) is 18. The number of nitrogens with two attached hydrogens (primary N) is 1. The zero-order chi connectivity index (χ0) is 82.5. The van der Waals surface area contributed by atoms with Gasteiger partial charge in [-0.15, -0.1) is 0 Å². The van der Waals surface area contributed by atoms with Crippen LogP contribution in [-0.2, 0) is 105 Å². The number of likely N-dealkylation sites (tertiary alicyclic amines) is 1. The number of carboxylic acids is 1. The molecular formula is C83H98N12O17S3. The van der Waals surface area contributed by atoms with Gasteiger partial charge in [0.05, 0.1) is 17.9 Å². The van der Waals surface area contributed by atoms with Gasteiger partial charge in [-0.1, -0.05) is 181 Å². The number of hydrogen-bond donors (Lipinski definition) is 12. The first kappa shape index (κ1) is 88.9. The number of aryl methyl sites for hydroxylation is 1. The number of primary amides is 1. The van der Waals surface area contributed by atoms with Crippen LogP contribution in [0.15, 0.2) is 205 Å². The van der Waals surface area contributed by atoms with Crippen LogP contribution in [0.3, 0.4) is 0 Å². The number of benzene rings is 7. The average molecular weight is 1630 g/mol. The number of nitrogens with zero attached hydrogens (tertiary/aromatic N) is 1. The highest BCUT2D eigenvalue weighted by atomic mass is 32.2. The van der Waals surface area contributed by atoms with Gasteiger partial charge in [0, 0.05) is 62.4 Å². The van der Waals surface area contributed by atoms with Crippen LogP contribution >= 0.6 is 23.5 Å². The van der Waals surface area contributed by atoms with Gasteiger partial charge in [-0.05, 0) is 103 Å². The number of sulfonamides is 1. The van der Waals surface area contributed by atoms with Crippen molar-refractivity contribution >= 4 is 105 Å². The van der Waals surface area contributed by atoms with Gasteiger partial charge in [-0.25, -0.2) is 17.9 Å². The van der Waals surface area contributed by atoms with Crippen LogP contribution in [0.25, 0.3) is 0 Å². The first-order valence-electron chi connectivity index (χ1n) is 37.6. The molecule has 7 aromatic carbocycles. The molecule has 29 nitrogen and oxygen atoms in total. The molecule has 1 heterocycles. The van der Waals surface area contributed by atoms with Crippen molar-refractivity contribution in [3.8, 4) is 5.75 Å². The first-order chi connectivity index (χ1) is 55.4. The first-order valence-corrected chi connectivity index (χ1v) is 41.4. The molecule has 7 aromatic rings. The van der Waals surface area contributed by atoms with E-state index < -0.39 is 155 Å². The Morgan fingerprint density at radius 1 is 0.513 bits per heavy atom. The fourth-order valence-corrected chi connectivity index (χ4v) is 15.3. The number of carboxylic acid groups (broad SMARTS) is 1. The number of carbonyl (C=O) groups is 12. The number of likely N-dealkylation sites (N-methyl/N-ethyl adjacent to an activating group) is 1. The van der Waals surface area contributed by atoms with Crippen molar-refractivity contribution in [1.82, 2.24) is 57.5 Å². The smallest absolute Gasteiger partial charge is 0.408 e. The van der Waals surface area contributed by atoms with E-state index in [4.69, 9.17) is 15.2 Å². The molecule has 610 valence electrons. The largest absolute Gasteiger partial charge is 0.489 e. The molecule has 1 saturated heterocycles. The molecule has 8 atom stereocenters. The van der Waals surface area contributed by atoms with Gasteiger partial charge < -0.3 is 73.1 Å². The van der Waals surface area contributed by atoms with Crippen molar-refractivity contribution in [3.05, 3.63) is 239 Å². The lowest BCUT2D eigenvalue weighted by Crippen LogP contribution is -2.61. The Balaban J connectivity index is 1.02. The van der Waals surface area contributed by atoms with E-state index in [0.717, 1.165) is 22.3 Å². The molecule has 0 unspecified atom stereocenters. The van der Waals surface area contributed by atoms with Gasteiger partial charge in [0.2, 0.25) is 69.1 Å². The minimum Gasteiger partial charge on any atom is -0.489 e. The topological polar surface area (TPSA) is 427 Å². The summed E-state index contributed by atoms with van der Waals surface area (Å²) in [5, 5.41) is 33.6. The van der Waals surface area contributed by atoms with E-state index in [0.29, 0.717) is 33.9 Å². The van der Waals surface area contributed by atoms with Crippen LogP contribution in [0.4, 0.5) is 4.79 Å². The summed E-state index contributed by atoms with van der Waals surface area (Å²) in [4.78, 5) is 171. The Hall–Kier alpha value is -11.6. The second kappa shape index (κ2) is 46.5. The molecule has 1 aliphatic heterocycles. The van der Waals surface area contributed by atoms with Crippen molar-refractivity contribution in [2.24, 2.45) is 5.73 Å². The van der Waals surface area contributed by atoms with Crippen LogP contribution in [0.1, 0.15) is 90.3 Å². The number of nitrogens with one attached hydrogen (secondary N) is 10. The van der Waals surface area contributed by atoms with E-state index in [1.165, 1.54) is 47.6 Å². The second-order valence-corrected chi connectivity index (χ2v) is 31.2. The Morgan fingerprint density at radius 2 is 0.983 bits per heavy atom. The number of alkyl carbamates (subject to hydrolysis) is 1. The van der Waals surface area contributed by atoms with E-state index in [-0.39, 0.29) is 87.7 Å². The summed E-state index contributed by atoms with van der Waals surface area (Å²) < 4.78 is 40.2. The average Bonchev–Trinajstić information content (AvgIpc) is 1.70. The van der Waals surface area contributed by atoms with Gasteiger partial charge in [0.1, 0.15) is 67.3 Å². The Kier molecular flexibility index (Phi) is 36.0. The third-order valence-corrected chi connectivity index (χ3v) is 22.1. The van der Waals surface area contributed by atoms with E-state index in [2.05, 4.69) is 52.6 Å². The summed E-state index contributed by atoms with van der Waals surface area (Å²) in [6.07, 6.45) is -2.84. The minimum absolute atomic E-state index is 0.00200. The quantitative estimate of drug-likeness (QED) is 0.0219. The molecule has 11 amide bonds. The highest BCUT2D eigenvalue weighted by Gasteiger charge is 2.41. The molecule has 0 bridgehead atoms. The molecule has 115 heavy (non-hydrogen) atoms. The number of carbonyl (C=O) groups excluding carboxylic acids is 11. The number of unbranched alkanes of at least 4 members (excludes halogenated alkanes) is 1. The Morgan fingerprint density at radius 3 is 1.53 bits per heavy atom. The van der Waals surface area contributed by atoms with Crippen LogP contribution in [-0.4, -0.2) is 176 Å². The molecule has 0 saturated carbocycles. The summed E-state index contributed by atoms with van der Waals surface area (Å²) in [6.45, 7) is 1.48. The van der Waals surface area contributed by atoms with E-state index >= 15 is 14.4 Å². The van der Waals surface area contributed by atoms with E-state index in [9.17, 15) is 56.7 Å². The van der Waals surface area contributed by atoms with Gasteiger partial charge in [0.15, 0.2) is 0 Å². The monoisotopic (exact) mass is 1630 g/mol. The zero-order valence-corrected chi connectivity index (χ0v) is 66.3. The van der Waals surface area contributed by atoms with Crippen molar-refractivity contribution < 1.29 is 80.5 Å². The zero-order valence-electron chi connectivity index (χ0n) is 63.8. The van der Waals surface area contributed by atoms with Gasteiger partial charge in [-0.3, -0.25) is 52.7 Å². The predicted molar refractivity (Wildman–Crippen MR) is 434 cm³/mol. The summed E-state index contributed by atoms with van der Waals surface area (Å²) in [6, 6.07) is 46.1. The van der Waals surface area contributed by atoms with Gasteiger partial charge in [0.25, 0.3) is 0 Å². The lowest BCUT2D eigenvalue weighted by atomic mass is 10.0. The minimum atomic E-state index is -3.88. The van der Waals surface area contributed by atoms with Gasteiger partial charge >= 0.3 is 12.1 Å². The molecule has 0 radical (unpaired) electrons. The lowest BCUT2D eigenvalue weighted by Gasteiger charge is -2.31. The molecule has 1 aliphatic rings. The Labute approximate surface area is 676 Å². The maximum Gasteiger partial charge on any atom is 0.408 e. The van der Waals surface area contributed by atoms with Crippen LogP contribution in [0.5, 0.6) is 5.75 Å². The molecular weight excluding hydrogens is 1530 g/mol. The third kappa shape index (κ3) is 30.7. The maximum atomic E-state index is 15.2. The van der Waals surface area contributed by atoms with E-state index in [1.54, 1.807) is 109 Å². The van der Waals surface area contributed by atoms with Crippen LogP contribution < -0.4 is 63.0 Å². The van der Waals surface area contributed by atoms with Crippen molar-refractivity contribution in [1.29, 1.82) is 0 Å². The molecule has 0 spiro atoms.